The van der Waals surface area contributed by atoms with Gasteiger partial charge in [-0.2, -0.15) is 4.31 Å². The van der Waals surface area contributed by atoms with Gasteiger partial charge in [0, 0.05) is 43.5 Å². The Labute approximate surface area is 193 Å². The highest BCUT2D eigenvalue weighted by molar-refractivity contribution is 7.89. The van der Waals surface area contributed by atoms with E-state index in [1.165, 1.54) is 23.4 Å². The predicted molar refractivity (Wildman–Crippen MR) is 122 cm³/mol. The first-order valence-corrected chi connectivity index (χ1v) is 12.3. The number of piperazine rings is 1. The highest BCUT2D eigenvalue weighted by Gasteiger charge is 2.32. The molecule has 2 aliphatic rings. The zero-order valence-electron chi connectivity index (χ0n) is 18.6. The first-order valence-electron chi connectivity index (χ1n) is 10.8. The average molecular weight is 474 g/mol. The number of hydrogen-bond donors (Lipinski definition) is 1. The second-order valence-electron chi connectivity index (χ2n) is 8.04. The molecule has 9 nitrogen and oxygen atoms in total. The molecule has 0 radical (unpaired) electrons. The zero-order valence-corrected chi connectivity index (χ0v) is 19.4. The minimum atomic E-state index is -3.68. The van der Waals surface area contributed by atoms with Gasteiger partial charge in [0.05, 0.1) is 10.9 Å². The molecule has 33 heavy (non-hydrogen) atoms. The van der Waals surface area contributed by atoms with Gasteiger partial charge in [0.2, 0.25) is 15.9 Å². The van der Waals surface area contributed by atoms with Gasteiger partial charge in [-0.25, -0.2) is 8.42 Å². The number of fused-ring (bicyclic) bond motifs is 1. The van der Waals surface area contributed by atoms with Crippen LogP contribution >= 0.6 is 0 Å². The van der Waals surface area contributed by atoms with E-state index in [0.717, 1.165) is 0 Å². The largest absolute Gasteiger partial charge is 0.486 e. The minimum Gasteiger partial charge on any atom is -0.486 e. The number of nitrogens with one attached hydrogen (secondary N) is 1. The number of sulfonamides is 1. The van der Waals surface area contributed by atoms with Gasteiger partial charge in [-0.1, -0.05) is 0 Å². The Morgan fingerprint density at radius 3 is 2.21 bits per heavy atom. The van der Waals surface area contributed by atoms with Gasteiger partial charge in [0.1, 0.15) is 13.2 Å². The molecule has 1 N–H and O–H groups in total. The first-order chi connectivity index (χ1) is 15.8. The lowest BCUT2D eigenvalue weighted by Gasteiger charge is -2.36. The van der Waals surface area contributed by atoms with Crippen molar-refractivity contribution in [2.24, 2.45) is 0 Å². The topological polar surface area (TPSA) is 105 Å². The second kappa shape index (κ2) is 9.50. The highest BCUT2D eigenvalue weighted by Crippen LogP contribution is 2.33. The standard InChI is InChI=1S/C23H27N3O6S/c1-16(23(28)24-19-5-3-18(4-6-19)17(2)27)25-9-11-26(12-10-25)33(29,30)20-7-8-21-22(15-20)32-14-13-31-21/h3-8,15-16H,9-14H2,1-2H3,(H,24,28)/t16-/m1/s1. The van der Waals surface area contributed by atoms with E-state index in [4.69, 9.17) is 9.47 Å². The molecule has 0 aliphatic carbocycles. The fraction of sp³-hybridized carbons (Fsp3) is 0.391. The van der Waals surface area contributed by atoms with Crippen molar-refractivity contribution in [3.05, 3.63) is 48.0 Å². The number of carbonyl (C=O) groups excluding carboxylic acids is 2. The van der Waals surface area contributed by atoms with Crippen LogP contribution in [-0.2, 0) is 14.8 Å². The Morgan fingerprint density at radius 2 is 1.58 bits per heavy atom. The molecule has 1 amide bonds. The molecule has 2 aromatic rings. The molecule has 176 valence electrons. The van der Waals surface area contributed by atoms with E-state index >= 15 is 0 Å². The van der Waals surface area contributed by atoms with Crippen molar-refractivity contribution in [1.82, 2.24) is 9.21 Å². The fourth-order valence-electron chi connectivity index (χ4n) is 3.87. The summed E-state index contributed by atoms with van der Waals surface area (Å²) in [5.74, 6) is 0.752. The van der Waals surface area contributed by atoms with Crippen molar-refractivity contribution in [3.8, 4) is 11.5 Å². The number of ketones is 1. The molecule has 0 saturated carbocycles. The number of carbonyl (C=O) groups is 2. The minimum absolute atomic E-state index is 0.0367. The van der Waals surface area contributed by atoms with Crippen LogP contribution in [0.2, 0.25) is 0 Å². The molecule has 2 heterocycles. The summed E-state index contributed by atoms with van der Waals surface area (Å²) < 4.78 is 38.6. The van der Waals surface area contributed by atoms with Crippen LogP contribution in [0.5, 0.6) is 11.5 Å². The second-order valence-corrected chi connectivity index (χ2v) is 9.98. The van der Waals surface area contributed by atoms with Crippen LogP contribution in [0.4, 0.5) is 5.69 Å². The molecule has 10 heteroatoms. The summed E-state index contributed by atoms with van der Waals surface area (Å²) in [6.45, 7) is 5.53. The number of benzene rings is 2. The Kier molecular flexibility index (Phi) is 6.68. The van der Waals surface area contributed by atoms with E-state index in [-0.39, 0.29) is 29.7 Å². The fourth-order valence-corrected chi connectivity index (χ4v) is 5.30. The molecule has 1 fully saturated rings. The molecule has 0 aromatic heterocycles. The maximum atomic E-state index is 13.1. The number of Topliss-reactive ketones (excluding diaryl/α,β-unsaturated/α-hetero) is 1. The zero-order chi connectivity index (χ0) is 23.6. The van der Waals surface area contributed by atoms with Gasteiger partial charge in [0.15, 0.2) is 17.3 Å². The Balaban J connectivity index is 1.35. The molecule has 1 saturated heterocycles. The lowest BCUT2D eigenvalue weighted by atomic mass is 10.1. The van der Waals surface area contributed by atoms with Gasteiger partial charge in [-0.15, -0.1) is 0 Å². The van der Waals surface area contributed by atoms with E-state index in [1.54, 1.807) is 37.3 Å². The van der Waals surface area contributed by atoms with Crippen LogP contribution in [0.15, 0.2) is 47.4 Å². The third-order valence-electron chi connectivity index (χ3n) is 5.91. The Morgan fingerprint density at radius 1 is 0.939 bits per heavy atom. The molecule has 4 rings (SSSR count). The summed E-state index contributed by atoms with van der Waals surface area (Å²) in [5.41, 5.74) is 1.19. The Bertz CT molecular complexity index is 1140. The van der Waals surface area contributed by atoms with Gasteiger partial charge in [-0.05, 0) is 50.2 Å². The van der Waals surface area contributed by atoms with Crippen LogP contribution in [-0.4, -0.2) is 74.7 Å². The van der Waals surface area contributed by atoms with Crippen LogP contribution in [0.25, 0.3) is 0 Å². The molecular weight excluding hydrogens is 446 g/mol. The third-order valence-corrected chi connectivity index (χ3v) is 7.81. The van der Waals surface area contributed by atoms with E-state index in [0.29, 0.717) is 49.1 Å². The molecule has 2 aliphatic heterocycles. The Hall–Kier alpha value is -2.95. The van der Waals surface area contributed by atoms with Gasteiger partial charge in [-0.3, -0.25) is 14.5 Å². The summed E-state index contributed by atoms with van der Waals surface area (Å²) in [7, 11) is -3.68. The third kappa shape index (κ3) is 5.02. The lowest BCUT2D eigenvalue weighted by Crippen LogP contribution is -2.53. The summed E-state index contributed by atoms with van der Waals surface area (Å²) in [6, 6.07) is 10.9. The summed E-state index contributed by atoms with van der Waals surface area (Å²) in [4.78, 5) is 26.2. The number of nitrogens with zero attached hydrogens (tertiary/aromatic N) is 2. The van der Waals surface area contributed by atoms with Crippen molar-refractivity contribution in [2.75, 3.05) is 44.7 Å². The van der Waals surface area contributed by atoms with E-state index in [9.17, 15) is 18.0 Å². The number of ether oxygens (including phenoxy) is 2. The van der Waals surface area contributed by atoms with Crippen molar-refractivity contribution in [2.45, 2.75) is 24.8 Å². The number of amides is 1. The van der Waals surface area contributed by atoms with Crippen LogP contribution in [0.3, 0.4) is 0 Å². The van der Waals surface area contributed by atoms with Gasteiger partial charge >= 0.3 is 0 Å². The van der Waals surface area contributed by atoms with Crippen LogP contribution in [0.1, 0.15) is 24.2 Å². The molecular formula is C23H27N3O6S. The number of anilines is 1. The van der Waals surface area contributed by atoms with Gasteiger partial charge < -0.3 is 14.8 Å². The smallest absolute Gasteiger partial charge is 0.243 e. The quantitative estimate of drug-likeness (QED) is 0.640. The maximum Gasteiger partial charge on any atom is 0.243 e. The van der Waals surface area contributed by atoms with Crippen LogP contribution < -0.4 is 14.8 Å². The normalized spacial score (nSPS) is 17.9. The average Bonchev–Trinajstić information content (AvgIpc) is 2.83. The van der Waals surface area contributed by atoms with Crippen molar-refractivity contribution < 1.29 is 27.5 Å². The summed E-state index contributed by atoms with van der Waals surface area (Å²) in [6.07, 6.45) is 0. The first kappa shape index (κ1) is 23.2. The number of rotatable bonds is 6. The van der Waals surface area contributed by atoms with Crippen molar-refractivity contribution in [3.63, 3.8) is 0 Å². The molecule has 0 unspecified atom stereocenters. The molecule has 2 aromatic carbocycles. The highest BCUT2D eigenvalue weighted by atomic mass is 32.2. The molecule has 1 atom stereocenters. The monoisotopic (exact) mass is 473 g/mol. The number of hydrogen-bond acceptors (Lipinski definition) is 7. The van der Waals surface area contributed by atoms with E-state index < -0.39 is 16.1 Å². The molecule has 0 bridgehead atoms. The SMILES string of the molecule is CC(=O)c1ccc(NC(=O)[C@@H](C)N2CCN(S(=O)(=O)c3ccc4c(c3)OCCO4)CC2)cc1. The maximum absolute atomic E-state index is 13.1. The summed E-state index contributed by atoms with van der Waals surface area (Å²) >= 11 is 0. The van der Waals surface area contributed by atoms with Crippen molar-refractivity contribution in [1.29, 1.82) is 0 Å². The summed E-state index contributed by atoms with van der Waals surface area (Å²) in [5, 5.41) is 2.85. The van der Waals surface area contributed by atoms with Crippen LogP contribution in [0, 0.1) is 0 Å². The van der Waals surface area contributed by atoms with E-state index in [2.05, 4.69) is 5.32 Å². The van der Waals surface area contributed by atoms with E-state index in [1.807, 2.05) is 4.90 Å². The molecule has 0 spiro atoms. The van der Waals surface area contributed by atoms with Crippen molar-refractivity contribution >= 4 is 27.4 Å². The predicted octanol–water partition coefficient (Wildman–Crippen LogP) is 1.99. The lowest BCUT2D eigenvalue weighted by molar-refractivity contribution is -0.121. The van der Waals surface area contributed by atoms with Gasteiger partial charge in [0.25, 0.3) is 0 Å².